The smallest absolute Gasteiger partial charge is 0.269 e. The van der Waals surface area contributed by atoms with E-state index in [1.807, 2.05) is 0 Å². The number of benzene rings is 1. The van der Waals surface area contributed by atoms with E-state index in [1.54, 1.807) is 0 Å². The van der Waals surface area contributed by atoms with Crippen molar-refractivity contribution in [2.24, 2.45) is 11.7 Å². The number of rotatable bonds is 4. The van der Waals surface area contributed by atoms with E-state index < -0.39 is 14.9 Å². The van der Waals surface area contributed by atoms with Crippen LogP contribution in [0.4, 0.5) is 5.69 Å². The zero-order valence-corrected chi connectivity index (χ0v) is 11.8. The van der Waals surface area contributed by atoms with E-state index in [1.165, 1.54) is 28.6 Å². The van der Waals surface area contributed by atoms with E-state index in [-0.39, 0.29) is 16.5 Å². The van der Waals surface area contributed by atoms with E-state index in [9.17, 15) is 18.5 Å². The first kappa shape index (κ1) is 14.9. The summed E-state index contributed by atoms with van der Waals surface area (Å²) in [7, 11) is -3.59. The van der Waals surface area contributed by atoms with Crippen molar-refractivity contribution in [1.29, 1.82) is 0 Å². The van der Waals surface area contributed by atoms with Gasteiger partial charge in [0.1, 0.15) is 0 Å². The van der Waals surface area contributed by atoms with E-state index in [2.05, 4.69) is 0 Å². The van der Waals surface area contributed by atoms with Gasteiger partial charge in [0.2, 0.25) is 10.0 Å². The highest BCUT2D eigenvalue weighted by Crippen LogP contribution is 2.24. The first-order valence-electron chi connectivity index (χ1n) is 6.40. The van der Waals surface area contributed by atoms with Gasteiger partial charge < -0.3 is 5.73 Å². The lowest BCUT2D eigenvalue weighted by Gasteiger charge is -2.31. The molecule has 7 nitrogen and oxygen atoms in total. The topological polar surface area (TPSA) is 107 Å². The van der Waals surface area contributed by atoms with Gasteiger partial charge in [-0.25, -0.2) is 8.42 Å². The lowest BCUT2D eigenvalue weighted by molar-refractivity contribution is -0.384. The maximum Gasteiger partial charge on any atom is 0.269 e. The van der Waals surface area contributed by atoms with Gasteiger partial charge in [-0.15, -0.1) is 0 Å². The molecular weight excluding hydrogens is 282 g/mol. The number of hydrogen-bond acceptors (Lipinski definition) is 5. The highest BCUT2D eigenvalue weighted by atomic mass is 32.2. The Bertz CT molecular complexity index is 585. The lowest BCUT2D eigenvalue weighted by Crippen LogP contribution is -2.41. The third-order valence-corrected chi connectivity index (χ3v) is 5.38. The summed E-state index contributed by atoms with van der Waals surface area (Å²) < 4.78 is 26.3. The molecule has 2 rings (SSSR count). The fourth-order valence-electron chi connectivity index (χ4n) is 2.33. The average molecular weight is 299 g/mol. The van der Waals surface area contributed by atoms with Crippen LogP contribution in [-0.4, -0.2) is 37.3 Å². The van der Waals surface area contributed by atoms with Gasteiger partial charge in [-0.05, 0) is 37.4 Å². The summed E-state index contributed by atoms with van der Waals surface area (Å²) in [6.45, 7) is 1.35. The third kappa shape index (κ3) is 2.97. The fraction of sp³-hybridized carbons (Fsp3) is 0.500. The van der Waals surface area contributed by atoms with Crippen molar-refractivity contribution >= 4 is 15.7 Å². The lowest BCUT2D eigenvalue weighted by atomic mass is 10.0. The number of sulfonamides is 1. The Hall–Kier alpha value is -1.51. The normalized spacial score (nSPS) is 20.8. The first-order valence-corrected chi connectivity index (χ1v) is 7.84. The Morgan fingerprint density at radius 1 is 1.35 bits per heavy atom. The number of nitro benzene ring substituents is 1. The Labute approximate surface area is 117 Å². The predicted octanol–water partition coefficient (Wildman–Crippen LogP) is 0.954. The van der Waals surface area contributed by atoms with Crippen LogP contribution in [0.15, 0.2) is 29.2 Å². The van der Waals surface area contributed by atoms with Crippen LogP contribution in [0, 0.1) is 16.0 Å². The molecule has 0 radical (unpaired) electrons. The molecule has 110 valence electrons. The Balaban J connectivity index is 2.23. The van der Waals surface area contributed by atoms with Crippen LogP contribution < -0.4 is 5.73 Å². The molecule has 0 bridgehead atoms. The minimum Gasteiger partial charge on any atom is -0.330 e. The summed E-state index contributed by atoms with van der Waals surface area (Å²) in [5.41, 5.74) is 5.48. The van der Waals surface area contributed by atoms with Crippen LogP contribution >= 0.6 is 0 Å². The summed E-state index contributed by atoms with van der Waals surface area (Å²) in [5.74, 6) is 0.177. The van der Waals surface area contributed by atoms with Gasteiger partial charge in [0.25, 0.3) is 5.69 Å². The molecular formula is C12H17N3O4S. The fourth-order valence-corrected chi connectivity index (χ4v) is 3.88. The zero-order chi connectivity index (χ0) is 14.8. The van der Waals surface area contributed by atoms with Crippen LogP contribution in [0.1, 0.15) is 12.8 Å². The van der Waals surface area contributed by atoms with E-state index in [4.69, 9.17) is 5.73 Å². The van der Waals surface area contributed by atoms with Crippen LogP contribution in [0.2, 0.25) is 0 Å². The second-order valence-corrected chi connectivity index (χ2v) is 6.80. The molecule has 1 heterocycles. The first-order chi connectivity index (χ1) is 9.45. The van der Waals surface area contributed by atoms with Crippen molar-refractivity contribution in [1.82, 2.24) is 4.31 Å². The molecule has 0 aromatic heterocycles. The number of hydrogen-bond donors (Lipinski definition) is 1. The summed E-state index contributed by atoms with van der Waals surface area (Å²) in [4.78, 5) is 10.1. The van der Waals surface area contributed by atoms with Crippen LogP contribution in [-0.2, 0) is 10.0 Å². The van der Waals surface area contributed by atoms with Crippen molar-refractivity contribution in [2.45, 2.75) is 17.7 Å². The minimum atomic E-state index is -3.59. The summed E-state index contributed by atoms with van der Waals surface area (Å²) >= 11 is 0. The van der Waals surface area contributed by atoms with Gasteiger partial charge in [0, 0.05) is 25.2 Å². The van der Waals surface area contributed by atoms with Crippen molar-refractivity contribution in [2.75, 3.05) is 19.6 Å². The molecule has 2 N–H and O–H groups in total. The summed E-state index contributed by atoms with van der Waals surface area (Å²) in [5, 5.41) is 10.6. The van der Waals surface area contributed by atoms with E-state index in [0.29, 0.717) is 19.6 Å². The molecule has 1 unspecified atom stereocenters. The summed E-state index contributed by atoms with van der Waals surface area (Å²) in [6, 6.07) is 4.97. The molecule has 1 aliphatic rings. The molecule has 1 aromatic carbocycles. The van der Waals surface area contributed by atoms with E-state index in [0.717, 1.165) is 12.8 Å². The molecule has 20 heavy (non-hydrogen) atoms. The van der Waals surface area contributed by atoms with Gasteiger partial charge >= 0.3 is 0 Å². The van der Waals surface area contributed by atoms with Crippen LogP contribution in [0.3, 0.4) is 0 Å². The van der Waals surface area contributed by atoms with Crippen molar-refractivity contribution in [3.8, 4) is 0 Å². The molecule has 0 aliphatic carbocycles. The largest absolute Gasteiger partial charge is 0.330 e. The van der Waals surface area contributed by atoms with Gasteiger partial charge in [-0.1, -0.05) is 0 Å². The maximum absolute atomic E-state index is 12.4. The van der Waals surface area contributed by atoms with Crippen molar-refractivity contribution in [3.63, 3.8) is 0 Å². The second kappa shape index (κ2) is 5.86. The average Bonchev–Trinajstić information content (AvgIpc) is 2.47. The summed E-state index contributed by atoms with van der Waals surface area (Å²) in [6.07, 6.45) is 1.72. The molecule has 1 atom stereocenters. The molecule has 1 aromatic rings. The molecule has 1 fully saturated rings. The number of nitro groups is 1. The van der Waals surface area contributed by atoms with Gasteiger partial charge in [-0.3, -0.25) is 10.1 Å². The van der Waals surface area contributed by atoms with Crippen LogP contribution in [0.5, 0.6) is 0 Å². The number of non-ortho nitro benzene ring substituents is 1. The van der Waals surface area contributed by atoms with Crippen molar-refractivity contribution in [3.05, 3.63) is 34.4 Å². The van der Waals surface area contributed by atoms with Gasteiger partial charge in [-0.2, -0.15) is 4.31 Å². The molecule has 0 spiro atoms. The number of nitrogens with two attached hydrogens (primary N) is 1. The van der Waals surface area contributed by atoms with Gasteiger partial charge in [0.05, 0.1) is 9.82 Å². The predicted molar refractivity (Wildman–Crippen MR) is 73.6 cm³/mol. The minimum absolute atomic E-state index is 0.0840. The third-order valence-electron chi connectivity index (χ3n) is 3.50. The highest BCUT2D eigenvalue weighted by molar-refractivity contribution is 7.89. The SMILES string of the molecule is NCC1CCCN(S(=O)(=O)c2ccc([N+](=O)[O-])cc2)C1. The Morgan fingerprint density at radius 2 is 2.00 bits per heavy atom. The van der Waals surface area contributed by atoms with Crippen LogP contribution in [0.25, 0.3) is 0 Å². The maximum atomic E-state index is 12.4. The number of nitrogens with zero attached hydrogens (tertiary/aromatic N) is 2. The molecule has 8 heteroatoms. The monoisotopic (exact) mass is 299 g/mol. The molecule has 0 amide bonds. The Kier molecular flexibility index (Phi) is 4.36. The second-order valence-electron chi connectivity index (χ2n) is 4.86. The molecule has 0 saturated carbocycles. The van der Waals surface area contributed by atoms with Gasteiger partial charge in [0.15, 0.2) is 0 Å². The highest BCUT2D eigenvalue weighted by Gasteiger charge is 2.29. The zero-order valence-electron chi connectivity index (χ0n) is 10.9. The quantitative estimate of drug-likeness (QED) is 0.658. The number of piperidine rings is 1. The van der Waals surface area contributed by atoms with Crippen molar-refractivity contribution < 1.29 is 13.3 Å². The molecule has 1 aliphatic heterocycles. The standard InChI is InChI=1S/C12H17N3O4S/c13-8-10-2-1-7-14(9-10)20(18,19)12-5-3-11(4-6-12)15(16)17/h3-6,10H,1-2,7-9,13H2. The Morgan fingerprint density at radius 3 is 2.55 bits per heavy atom. The van der Waals surface area contributed by atoms with E-state index >= 15 is 0 Å². The molecule has 1 saturated heterocycles.